The molecule has 0 saturated heterocycles. The molecule has 5 nitrogen and oxygen atoms in total. The summed E-state index contributed by atoms with van der Waals surface area (Å²) >= 11 is 1.29. The van der Waals surface area contributed by atoms with Crippen LogP contribution in [0.15, 0.2) is 88.8 Å². The average molecular weight is 458 g/mol. The summed E-state index contributed by atoms with van der Waals surface area (Å²) in [7, 11) is 0. The number of hydrogen-bond acceptors (Lipinski definition) is 4. The highest BCUT2D eigenvalue weighted by atomic mass is 32.2. The number of nitrogens with one attached hydrogen (secondary N) is 1. The number of rotatable bonds is 7. The molecule has 3 aromatic carbocycles. The van der Waals surface area contributed by atoms with Crippen molar-refractivity contribution in [1.82, 2.24) is 14.9 Å². The number of fused-ring (bicyclic) bond motifs is 1. The second-order valence-electron chi connectivity index (χ2n) is 8.20. The third-order valence-corrected chi connectivity index (χ3v) is 6.69. The van der Waals surface area contributed by atoms with Crippen molar-refractivity contribution in [3.05, 3.63) is 100 Å². The van der Waals surface area contributed by atoms with E-state index in [1.807, 2.05) is 74.5 Å². The molecule has 0 radical (unpaired) electrons. The number of amides is 1. The van der Waals surface area contributed by atoms with Gasteiger partial charge in [0.25, 0.3) is 5.56 Å². The molecule has 0 aliphatic rings. The van der Waals surface area contributed by atoms with Gasteiger partial charge in [-0.05, 0) is 49.6 Å². The van der Waals surface area contributed by atoms with E-state index < -0.39 is 5.25 Å². The lowest BCUT2D eigenvalue weighted by atomic mass is 10.0. The van der Waals surface area contributed by atoms with Gasteiger partial charge in [-0.25, -0.2) is 4.98 Å². The number of para-hydroxylation sites is 1. The molecule has 4 rings (SSSR count). The zero-order valence-corrected chi connectivity index (χ0v) is 19.8. The van der Waals surface area contributed by atoms with Gasteiger partial charge in [0.2, 0.25) is 5.91 Å². The highest BCUT2D eigenvalue weighted by molar-refractivity contribution is 8.00. The summed E-state index contributed by atoms with van der Waals surface area (Å²) in [6.07, 6.45) is 0. The molecule has 0 saturated carbocycles. The summed E-state index contributed by atoms with van der Waals surface area (Å²) in [5.41, 5.74) is 3.50. The Kier molecular flexibility index (Phi) is 6.94. The second kappa shape index (κ2) is 10.0. The summed E-state index contributed by atoms with van der Waals surface area (Å²) in [4.78, 5) is 31.0. The Morgan fingerprint density at radius 3 is 2.36 bits per heavy atom. The van der Waals surface area contributed by atoms with Crippen molar-refractivity contribution in [2.24, 2.45) is 0 Å². The number of carbonyl (C=O) groups excluding carboxylic acids is 1. The minimum absolute atomic E-state index is 0.0827. The van der Waals surface area contributed by atoms with Crippen LogP contribution in [0.25, 0.3) is 16.6 Å². The number of hydrogen-bond donors (Lipinski definition) is 1. The maximum Gasteiger partial charge on any atom is 0.266 e. The van der Waals surface area contributed by atoms with Crippen LogP contribution >= 0.6 is 11.8 Å². The van der Waals surface area contributed by atoms with Crippen molar-refractivity contribution in [3.8, 4) is 5.69 Å². The van der Waals surface area contributed by atoms with Crippen LogP contribution in [0.1, 0.15) is 30.9 Å². The number of carbonyl (C=O) groups is 1. The normalized spacial score (nSPS) is 12.9. The van der Waals surface area contributed by atoms with Crippen molar-refractivity contribution >= 4 is 28.6 Å². The first-order valence-corrected chi connectivity index (χ1v) is 11.9. The summed E-state index contributed by atoms with van der Waals surface area (Å²) in [6.45, 7) is 6.48. The summed E-state index contributed by atoms with van der Waals surface area (Å²) in [6, 6.07) is 25.2. The van der Waals surface area contributed by atoms with Gasteiger partial charge in [-0.3, -0.25) is 14.2 Å². The molecule has 168 valence electrons. The quantitative estimate of drug-likeness (QED) is 0.310. The van der Waals surface area contributed by atoms with E-state index in [1.54, 1.807) is 10.6 Å². The summed E-state index contributed by atoms with van der Waals surface area (Å²) < 4.78 is 1.60. The molecular formula is C27H27N3O2S. The molecule has 0 spiro atoms. The van der Waals surface area contributed by atoms with Gasteiger partial charge >= 0.3 is 0 Å². The molecular weight excluding hydrogens is 430 g/mol. The molecule has 2 unspecified atom stereocenters. The molecule has 6 heteroatoms. The molecule has 0 aliphatic carbocycles. The number of aromatic nitrogens is 2. The Bertz CT molecular complexity index is 1320. The van der Waals surface area contributed by atoms with Crippen molar-refractivity contribution in [1.29, 1.82) is 0 Å². The maximum absolute atomic E-state index is 13.4. The van der Waals surface area contributed by atoms with Crippen LogP contribution in [-0.2, 0) is 4.79 Å². The van der Waals surface area contributed by atoms with Crippen LogP contribution in [0.2, 0.25) is 0 Å². The van der Waals surface area contributed by atoms with Crippen molar-refractivity contribution in [3.63, 3.8) is 0 Å². The third-order valence-electron chi connectivity index (χ3n) is 5.64. The van der Waals surface area contributed by atoms with E-state index in [-0.39, 0.29) is 17.4 Å². The van der Waals surface area contributed by atoms with Crippen LogP contribution in [0.3, 0.4) is 0 Å². The summed E-state index contributed by atoms with van der Waals surface area (Å²) in [5.74, 6) is 0.123. The van der Waals surface area contributed by atoms with Crippen LogP contribution in [0.5, 0.6) is 0 Å². The third kappa shape index (κ3) is 5.17. The van der Waals surface area contributed by atoms with Crippen LogP contribution in [0.4, 0.5) is 0 Å². The average Bonchev–Trinajstić information content (AvgIpc) is 2.84. The van der Waals surface area contributed by atoms with Crippen LogP contribution in [-0.4, -0.2) is 27.3 Å². The van der Waals surface area contributed by atoms with Gasteiger partial charge in [-0.2, -0.15) is 0 Å². The summed E-state index contributed by atoms with van der Waals surface area (Å²) in [5, 5.41) is 3.68. The molecule has 4 aromatic rings. The zero-order chi connectivity index (χ0) is 23.4. The molecule has 0 aliphatic heterocycles. The Balaban J connectivity index is 1.59. The van der Waals surface area contributed by atoms with E-state index in [1.165, 1.54) is 17.3 Å². The fourth-order valence-electron chi connectivity index (χ4n) is 3.62. The number of thioether (sulfide) groups is 1. The van der Waals surface area contributed by atoms with Gasteiger partial charge in [0, 0.05) is 6.54 Å². The van der Waals surface area contributed by atoms with Gasteiger partial charge in [-0.15, -0.1) is 0 Å². The topological polar surface area (TPSA) is 64.0 Å². The van der Waals surface area contributed by atoms with Crippen molar-refractivity contribution in [2.75, 3.05) is 6.54 Å². The smallest absolute Gasteiger partial charge is 0.266 e. The molecule has 1 heterocycles. The fraction of sp³-hybridized carbons (Fsp3) is 0.222. The minimum Gasteiger partial charge on any atom is -0.355 e. The first-order valence-electron chi connectivity index (χ1n) is 11.0. The molecule has 1 aromatic heterocycles. The fourth-order valence-corrected chi connectivity index (χ4v) is 4.57. The van der Waals surface area contributed by atoms with Crippen LogP contribution < -0.4 is 10.9 Å². The molecule has 1 N–H and O–H groups in total. The second-order valence-corrected chi connectivity index (χ2v) is 9.51. The molecule has 2 atom stereocenters. The molecule has 33 heavy (non-hydrogen) atoms. The van der Waals surface area contributed by atoms with E-state index in [0.717, 1.165) is 11.3 Å². The van der Waals surface area contributed by atoms with Gasteiger partial charge in [-0.1, -0.05) is 78.8 Å². The number of nitrogens with zero attached hydrogens (tertiary/aromatic N) is 2. The molecule has 0 fully saturated rings. The minimum atomic E-state index is -0.419. The standard InChI is InChI=1S/C27H27N3O2S/c1-18-13-15-22(16-14-18)30-26(32)23-11-7-8-12-24(23)29-27(30)33-20(3)25(31)28-17-19(2)21-9-5-4-6-10-21/h4-16,19-20H,17H2,1-3H3,(H,28,31). The largest absolute Gasteiger partial charge is 0.355 e. The van der Waals surface area contributed by atoms with E-state index in [4.69, 9.17) is 4.98 Å². The monoisotopic (exact) mass is 457 g/mol. The van der Waals surface area contributed by atoms with Gasteiger partial charge < -0.3 is 5.32 Å². The van der Waals surface area contributed by atoms with Gasteiger partial charge in [0.15, 0.2) is 5.16 Å². The number of aryl methyl sites for hydroxylation is 1. The predicted molar refractivity (Wildman–Crippen MR) is 135 cm³/mol. The lowest BCUT2D eigenvalue weighted by Crippen LogP contribution is -2.34. The highest BCUT2D eigenvalue weighted by Gasteiger charge is 2.20. The van der Waals surface area contributed by atoms with E-state index in [2.05, 4.69) is 24.4 Å². The van der Waals surface area contributed by atoms with Crippen LogP contribution in [0, 0.1) is 6.92 Å². The van der Waals surface area contributed by atoms with E-state index in [9.17, 15) is 9.59 Å². The van der Waals surface area contributed by atoms with Crippen molar-refractivity contribution in [2.45, 2.75) is 37.1 Å². The predicted octanol–water partition coefficient (Wildman–Crippen LogP) is 5.09. The number of benzene rings is 3. The Labute approximate surface area is 197 Å². The van der Waals surface area contributed by atoms with Gasteiger partial charge in [0.1, 0.15) is 0 Å². The SMILES string of the molecule is Cc1ccc(-n2c(SC(C)C(=O)NCC(C)c3ccccc3)nc3ccccc3c2=O)cc1. The lowest BCUT2D eigenvalue weighted by Gasteiger charge is -2.18. The Morgan fingerprint density at radius 2 is 1.64 bits per heavy atom. The first-order chi connectivity index (χ1) is 15.9. The Hall–Kier alpha value is -3.38. The molecule has 0 bridgehead atoms. The first kappa shape index (κ1) is 22.8. The van der Waals surface area contributed by atoms with Gasteiger partial charge in [0.05, 0.1) is 21.8 Å². The van der Waals surface area contributed by atoms with Crippen molar-refractivity contribution < 1.29 is 4.79 Å². The highest BCUT2D eigenvalue weighted by Crippen LogP contribution is 2.25. The Morgan fingerprint density at radius 1 is 0.970 bits per heavy atom. The van der Waals surface area contributed by atoms with E-state index >= 15 is 0 Å². The lowest BCUT2D eigenvalue weighted by molar-refractivity contribution is -0.120. The van der Waals surface area contributed by atoms with E-state index in [0.29, 0.717) is 22.6 Å². The maximum atomic E-state index is 13.4. The molecule has 1 amide bonds. The zero-order valence-electron chi connectivity index (χ0n) is 19.0.